The number of anilines is 1. The van der Waals surface area contributed by atoms with Gasteiger partial charge in [-0.1, -0.05) is 12.1 Å². The lowest BCUT2D eigenvalue weighted by atomic mass is 10.1. The lowest BCUT2D eigenvalue weighted by Gasteiger charge is -2.06. The molecule has 0 aliphatic heterocycles. The second kappa shape index (κ2) is 5.61. The summed E-state index contributed by atoms with van der Waals surface area (Å²) >= 11 is 0. The number of hydrogen-bond acceptors (Lipinski definition) is 2. The van der Waals surface area contributed by atoms with Gasteiger partial charge in [0.1, 0.15) is 11.6 Å². The monoisotopic (exact) mass is 275 g/mol. The van der Waals surface area contributed by atoms with Crippen molar-refractivity contribution in [2.45, 2.75) is 6.92 Å². The molecule has 0 aliphatic rings. The van der Waals surface area contributed by atoms with Crippen molar-refractivity contribution < 1.29 is 18.4 Å². The molecule has 0 unspecified atom stereocenters. The molecule has 2 rings (SSSR count). The Hall–Kier alpha value is -2.56. The number of amides is 1. The molecule has 102 valence electrons. The largest absolute Gasteiger partial charge is 0.322 e. The topological polar surface area (TPSA) is 46.2 Å². The number of nitrogens with one attached hydrogen (secondary N) is 1. The van der Waals surface area contributed by atoms with E-state index in [0.29, 0.717) is 17.3 Å². The van der Waals surface area contributed by atoms with Gasteiger partial charge in [-0.05, 0) is 31.2 Å². The number of hydrogen-bond donors (Lipinski definition) is 1. The van der Waals surface area contributed by atoms with Crippen molar-refractivity contribution in [2.75, 3.05) is 5.32 Å². The van der Waals surface area contributed by atoms with Crippen LogP contribution in [-0.2, 0) is 0 Å². The summed E-state index contributed by atoms with van der Waals surface area (Å²) < 4.78 is 26.1. The Morgan fingerprint density at radius 3 is 2.20 bits per heavy atom. The highest BCUT2D eigenvalue weighted by Crippen LogP contribution is 2.14. The molecule has 20 heavy (non-hydrogen) atoms. The van der Waals surface area contributed by atoms with E-state index in [1.54, 1.807) is 18.2 Å². The quantitative estimate of drug-likeness (QED) is 0.872. The molecule has 0 aliphatic carbocycles. The second-order valence-corrected chi connectivity index (χ2v) is 4.25. The molecule has 0 heterocycles. The van der Waals surface area contributed by atoms with Gasteiger partial charge in [0.05, 0.1) is 0 Å². The Balaban J connectivity index is 2.23. The maximum absolute atomic E-state index is 13.0. The maximum atomic E-state index is 13.0. The number of halogens is 2. The van der Waals surface area contributed by atoms with Gasteiger partial charge < -0.3 is 5.32 Å². The third-order valence-electron chi connectivity index (χ3n) is 2.65. The Kier molecular flexibility index (Phi) is 3.89. The van der Waals surface area contributed by atoms with Crippen molar-refractivity contribution in [1.82, 2.24) is 0 Å². The molecule has 0 atom stereocenters. The van der Waals surface area contributed by atoms with Gasteiger partial charge in [0, 0.05) is 22.9 Å². The number of carbonyl (C=O) groups excluding carboxylic acids is 2. The summed E-state index contributed by atoms with van der Waals surface area (Å²) in [6, 6.07) is 8.86. The molecular formula is C15H11F2NO2. The molecule has 0 saturated heterocycles. The van der Waals surface area contributed by atoms with E-state index in [9.17, 15) is 18.4 Å². The van der Waals surface area contributed by atoms with Crippen LogP contribution in [0.1, 0.15) is 27.6 Å². The zero-order valence-electron chi connectivity index (χ0n) is 10.6. The Bertz CT molecular complexity index is 663. The Morgan fingerprint density at radius 1 is 0.950 bits per heavy atom. The van der Waals surface area contributed by atoms with Crippen LogP contribution in [0, 0.1) is 11.6 Å². The number of carbonyl (C=O) groups is 2. The molecule has 0 radical (unpaired) electrons. The highest BCUT2D eigenvalue weighted by Gasteiger charge is 2.10. The van der Waals surface area contributed by atoms with Gasteiger partial charge in [-0.25, -0.2) is 8.78 Å². The van der Waals surface area contributed by atoms with Crippen LogP contribution in [0.2, 0.25) is 0 Å². The first kappa shape index (κ1) is 13.9. The van der Waals surface area contributed by atoms with Gasteiger partial charge in [0.25, 0.3) is 5.91 Å². The predicted molar refractivity (Wildman–Crippen MR) is 70.8 cm³/mol. The van der Waals surface area contributed by atoms with Crippen molar-refractivity contribution in [3.05, 3.63) is 65.2 Å². The van der Waals surface area contributed by atoms with Crippen molar-refractivity contribution in [2.24, 2.45) is 0 Å². The first-order valence-electron chi connectivity index (χ1n) is 5.84. The molecule has 0 aromatic heterocycles. The van der Waals surface area contributed by atoms with Gasteiger partial charge in [-0.15, -0.1) is 0 Å². The second-order valence-electron chi connectivity index (χ2n) is 4.25. The van der Waals surface area contributed by atoms with Gasteiger partial charge in [0.15, 0.2) is 5.78 Å². The number of ketones is 1. The molecule has 5 heteroatoms. The minimum absolute atomic E-state index is 0.129. The fourth-order valence-electron chi connectivity index (χ4n) is 1.70. The minimum Gasteiger partial charge on any atom is -0.322 e. The summed E-state index contributed by atoms with van der Waals surface area (Å²) in [5.74, 6) is -2.44. The predicted octanol–water partition coefficient (Wildman–Crippen LogP) is 3.42. The molecule has 1 N–H and O–H groups in total. The summed E-state index contributed by atoms with van der Waals surface area (Å²) in [5.41, 5.74) is 0.691. The van der Waals surface area contributed by atoms with E-state index in [-0.39, 0.29) is 11.3 Å². The fraction of sp³-hybridized carbons (Fsp3) is 0.0667. The molecule has 0 bridgehead atoms. The van der Waals surface area contributed by atoms with E-state index < -0.39 is 17.5 Å². The zero-order chi connectivity index (χ0) is 14.7. The molecule has 3 nitrogen and oxygen atoms in total. The van der Waals surface area contributed by atoms with Gasteiger partial charge in [0.2, 0.25) is 0 Å². The summed E-state index contributed by atoms with van der Waals surface area (Å²) in [6.45, 7) is 1.41. The summed E-state index contributed by atoms with van der Waals surface area (Å²) in [5, 5.41) is 2.48. The van der Waals surface area contributed by atoms with Crippen LogP contribution < -0.4 is 5.32 Å². The van der Waals surface area contributed by atoms with E-state index in [2.05, 4.69) is 5.32 Å². The number of Topliss-reactive ketones (excluding diaryl/α,β-unsaturated/α-hetero) is 1. The van der Waals surface area contributed by atoms with Crippen molar-refractivity contribution in [3.8, 4) is 0 Å². The van der Waals surface area contributed by atoms with Crippen molar-refractivity contribution >= 4 is 17.4 Å². The van der Waals surface area contributed by atoms with Crippen LogP contribution in [0.4, 0.5) is 14.5 Å². The summed E-state index contributed by atoms with van der Waals surface area (Å²) in [7, 11) is 0. The van der Waals surface area contributed by atoms with Crippen LogP contribution in [0.5, 0.6) is 0 Å². The van der Waals surface area contributed by atoms with Gasteiger partial charge >= 0.3 is 0 Å². The van der Waals surface area contributed by atoms with Crippen LogP contribution in [0.25, 0.3) is 0 Å². The fourth-order valence-corrected chi connectivity index (χ4v) is 1.70. The molecule has 0 spiro atoms. The first-order valence-corrected chi connectivity index (χ1v) is 5.84. The van der Waals surface area contributed by atoms with Crippen LogP contribution in [0.15, 0.2) is 42.5 Å². The number of rotatable bonds is 3. The highest BCUT2D eigenvalue weighted by atomic mass is 19.1. The smallest absolute Gasteiger partial charge is 0.255 e. The van der Waals surface area contributed by atoms with E-state index >= 15 is 0 Å². The van der Waals surface area contributed by atoms with Crippen molar-refractivity contribution in [1.29, 1.82) is 0 Å². The summed E-state index contributed by atoms with van der Waals surface area (Å²) in [4.78, 5) is 23.1. The van der Waals surface area contributed by atoms with Gasteiger partial charge in [-0.2, -0.15) is 0 Å². The molecule has 0 saturated carbocycles. The lowest BCUT2D eigenvalue weighted by Crippen LogP contribution is -2.13. The average molecular weight is 275 g/mol. The van der Waals surface area contributed by atoms with E-state index in [1.165, 1.54) is 13.0 Å². The van der Waals surface area contributed by atoms with Crippen LogP contribution in [0.3, 0.4) is 0 Å². The molecule has 2 aromatic carbocycles. The molecule has 1 amide bonds. The van der Waals surface area contributed by atoms with Crippen LogP contribution in [-0.4, -0.2) is 11.7 Å². The highest BCUT2D eigenvalue weighted by molar-refractivity contribution is 6.05. The molecule has 0 fully saturated rings. The third-order valence-corrected chi connectivity index (χ3v) is 2.65. The maximum Gasteiger partial charge on any atom is 0.255 e. The lowest BCUT2D eigenvalue weighted by molar-refractivity contribution is 0.101. The molecule has 2 aromatic rings. The SMILES string of the molecule is CC(=O)c1cccc(NC(=O)c2cc(F)cc(F)c2)c1. The Morgan fingerprint density at radius 2 is 1.60 bits per heavy atom. The standard InChI is InChI=1S/C15H11F2NO2/c1-9(19)10-3-2-4-14(7-10)18-15(20)11-5-12(16)8-13(17)6-11/h2-8H,1H3,(H,18,20). The summed E-state index contributed by atoms with van der Waals surface area (Å²) in [6.07, 6.45) is 0. The van der Waals surface area contributed by atoms with E-state index in [4.69, 9.17) is 0 Å². The third kappa shape index (κ3) is 3.26. The van der Waals surface area contributed by atoms with Gasteiger partial charge in [-0.3, -0.25) is 9.59 Å². The molecular weight excluding hydrogens is 264 g/mol. The van der Waals surface area contributed by atoms with Crippen LogP contribution >= 0.6 is 0 Å². The number of benzene rings is 2. The Labute approximate surface area is 114 Å². The normalized spacial score (nSPS) is 10.2. The average Bonchev–Trinajstić information content (AvgIpc) is 2.37. The van der Waals surface area contributed by atoms with Crippen molar-refractivity contribution in [3.63, 3.8) is 0 Å². The first-order chi connectivity index (χ1) is 9.45. The minimum atomic E-state index is -0.826. The van der Waals surface area contributed by atoms with E-state index in [0.717, 1.165) is 12.1 Å². The zero-order valence-corrected chi connectivity index (χ0v) is 10.6. The van der Waals surface area contributed by atoms with E-state index in [1.807, 2.05) is 0 Å².